The Morgan fingerprint density at radius 3 is 2.94 bits per heavy atom. The molecule has 92 valence electrons. The summed E-state index contributed by atoms with van der Waals surface area (Å²) >= 11 is 1.91. The lowest BCUT2D eigenvalue weighted by Gasteiger charge is -2.25. The van der Waals surface area contributed by atoms with E-state index in [9.17, 15) is 4.79 Å². The van der Waals surface area contributed by atoms with Gasteiger partial charge in [-0.1, -0.05) is 26.0 Å². The first-order valence-corrected chi connectivity index (χ1v) is 6.95. The lowest BCUT2D eigenvalue weighted by molar-refractivity contribution is -0.138. The quantitative estimate of drug-likeness (QED) is 0.892. The van der Waals surface area contributed by atoms with Crippen molar-refractivity contribution in [3.8, 4) is 0 Å². The van der Waals surface area contributed by atoms with Crippen molar-refractivity contribution in [1.82, 2.24) is 0 Å². The Balaban J connectivity index is 2.30. The number of aryl methyl sites for hydroxylation is 1. The molecule has 1 aromatic carbocycles. The number of fused-ring (bicyclic) bond motifs is 1. The second-order valence-electron chi connectivity index (χ2n) is 5.23. The molecule has 0 atom stereocenters. The molecule has 0 amide bonds. The maximum absolute atomic E-state index is 10.9. The molecule has 0 fully saturated rings. The third kappa shape index (κ3) is 2.83. The second-order valence-corrected chi connectivity index (χ2v) is 6.37. The minimum Gasteiger partial charge on any atom is -0.481 e. The first-order valence-electron chi connectivity index (χ1n) is 5.97. The summed E-state index contributed by atoms with van der Waals surface area (Å²) in [4.78, 5) is 12.2. The average molecular weight is 250 g/mol. The van der Waals surface area contributed by atoms with Crippen LogP contribution >= 0.6 is 11.8 Å². The van der Waals surface area contributed by atoms with Crippen LogP contribution in [0.5, 0.6) is 0 Å². The number of benzene rings is 1. The van der Waals surface area contributed by atoms with Crippen LogP contribution in [0.2, 0.25) is 0 Å². The van der Waals surface area contributed by atoms with Crippen LogP contribution in [0.25, 0.3) is 0 Å². The summed E-state index contributed by atoms with van der Waals surface area (Å²) < 4.78 is 0. The van der Waals surface area contributed by atoms with Gasteiger partial charge in [-0.05, 0) is 35.8 Å². The van der Waals surface area contributed by atoms with Crippen LogP contribution < -0.4 is 0 Å². The minimum absolute atomic E-state index is 0.179. The van der Waals surface area contributed by atoms with Gasteiger partial charge in [-0.3, -0.25) is 4.79 Å². The van der Waals surface area contributed by atoms with Gasteiger partial charge in [0.1, 0.15) is 0 Å². The number of carboxylic acid groups (broad SMARTS) is 1. The van der Waals surface area contributed by atoms with E-state index < -0.39 is 5.97 Å². The van der Waals surface area contributed by atoms with E-state index in [1.807, 2.05) is 25.6 Å². The van der Waals surface area contributed by atoms with Crippen molar-refractivity contribution in [3.05, 3.63) is 29.3 Å². The van der Waals surface area contributed by atoms with Crippen LogP contribution in [0.15, 0.2) is 23.1 Å². The molecule has 2 rings (SSSR count). The van der Waals surface area contributed by atoms with Crippen LogP contribution in [-0.4, -0.2) is 16.8 Å². The maximum Gasteiger partial charge on any atom is 0.304 e. The van der Waals surface area contributed by atoms with Crippen LogP contribution in [0.4, 0.5) is 0 Å². The largest absolute Gasteiger partial charge is 0.481 e. The van der Waals surface area contributed by atoms with Gasteiger partial charge in [-0.25, -0.2) is 0 Å². The van der Waals surface area contributed by atoms with Gasteiger partial charge in [0, 0.05) is 10.3 Å². The van der Waals surface area contributed by atoms with Crippen LogP contribution in [-0.2, 0) is 16.6 Å². The lowest BCUT2D eigenvalue weighted by Crippen LogP contribution is -2.22. The summed E-state index contributed by atoms with van der Waals surface area (Å²) in [7, 11) is 0. The number of carbonyl (C=O) groups is 1. The maximum atomic E-state index is 10.9. The highest BCUT2D eigenvalue weighted by atomic mass is 32.2. The first kappa shape index (κ1) is 12.5. The molecule has 0 radical (unpaired) electrons. The lowest BCUT2D eigenvalue weighted by atomic mass is 9.81. The van der Waals surface area contributed by atoms with Gasteiger partial charge in [-0.2, -0.15) is 0 Å². The number of hydrogen-bond acceptors (Lipinski definition) is 2. The van der Waals surface area contributed by atoms with Crippen molar-refractivity contribution in [2.45, 2.75) is 43.4 Å². The molecule has 2 nitrogen and oxygen atoms in total. The summed E-state index contributed by atoms with van der Waals surface area (Å²) in [5, 5.41) is 8.94. The van der Waals surface area contributed by atoms with E-state index in [4.69, 9.17) is 5.11 Å². The zero-order chi connectivity index (χ0) is 12.5. The molecule has 0 bridgehead atoms. The van der Waals surface area contributed by atoms with Crippen molar-refractivity contribution in [2.75, 3.05) is 5.75 Å². The topological polar surface area (TPSA) is 37.3 Å². The molecule has 0 saturated carbocycles. The van der Waals surface area contributed by atoms with Crippen molar-refractivity contribution in [2.24, 2.45) is 0 Å². The zero-order valence-electron chi connectivity index (χ0n) is 10.3. The number of carboxylic acids is 1. The van der Waals surface area contributed by atoms with E-state index in [0.717, 1.165) is 12.0 Å². The third-order valence-corrected chi connectivity index (χ3v) is 4.49. The number of rotatable bonds is 3. The Kier molecular flexibility index (Phi) is 3.48. The zero-order valence-corrected chi connectivity index (χ0v) is 11.1. The molecular weight excluding hydrogens is 232 g/mol. The normalized spacial score (nSPS) is 15.4. The highest BCUT2D eigenvalue weighted by molar-refractivity contribution is 7.99. The van der Waals surface area contributed by atoms with Gasteiger partial charge in [0.05, 0.1) is 6.42 Å². The van der Waals surface area contributed by atoms with Gasteiger partial charge in [-0.15, -0.1) is 11.8 Å². The van der Waals surface area contributed by atoms with E-state index in [1.165, 1.54) is 22.6 Å². The van der Waals surface area contributed by atoms with Crippen molar-refractivity contribution < 1.29 is 9.90 Å². The molecule has 0 unspecified atom stereocenters. The molecule has 17 heavy (non-hydrogen) atoms. The Hall–Kier alpha value is -0.960. The first-order chi connectivity index (χ1) is 7.99. The van der Waals surface area contributed by atoms with Gasteiger partial charge >= 0.3 is 5.97 Å². The smallest absolute Gasteiger partial charge is 0.304 e. The SMILES string of the molecule is CC(C)(CC(=O)O)c1ccc2c(c1)CCCS2. The van der Waals surface area contributed by atoms with E-state index in [-0.39, 0.29) is 11.8 Å². The molecule has 0 saturated heterocycles. The highest BCUT2D eigenvalue weighted by Gasteiger charge is 2.25. The summed E-state index contributed by atoms with van der Waals surface area (Å²) in [6.07, 6.45) is 2.53. The minimum atomic E-state index is -0.734. The highest BCUT2D eigenvalue weighted by Crippen LogP contribution is 2.34. The summed E-state index contributed by atoms with van der Waals surface area (Å²) in [5.41, 5.74) is 2.24. The number of aliphatic carboxylic acids is 1. The summed E-state index contributed by atoms with van der Waals surface area (Å²) in [6.45, 7) is 4.00. The Bertz CT molecular complexity index is 438. The van der Waals surface area contributed by atoms with Gasteiger partial charge < -0.3 is 5.11 Å². The van der Waals surface area contributed by atoms with E-state index in [1.54, 1.807) is 0 Å². The molecular formula is C14H18O2S. The Labute approximate surface area is 106 Å². The second kappa shape index (κ2) is 4.73. The van der Waals surface area contributed by atoms with Gasteiger partial charge in [0.25, 0.3) is 0 Å². The predicted octanol–water partition coefficient (Wildman–Crippen LogP) is 3.48. The average Bonchev–Trinajstić information content (AvgIpc) is 2.26. The predicted molar refractivity (Wildman–Crippen MR) is 70.8 cm³/mol. The standard InChI is InChI=1S/C14H18O2S/c1-14(2,9-13(15)16)11-5-6-12-10(8-11)4-3-7-17-12/h5-6,8H,3-4,7,9H2,1-2H3,(H,15,16). The summed E-state index contributed by atoms with van der Waals surface area (Å²) in [5.74, 6) is 0.465. The Morgan fingerprint density at radius 2 is 2.24 bits per heavy atom. The monoisotopic (exact) mass is 250 g/mol. The van der Waals surface area contributed by atoms with Crippen LogP contribution in [0.3, 0.4) is 0 Å². The fraction of sp³-hybridized carbons (Fsp3) is 0.500. The molecule has 0 aromatic heterocycles. The van der Waals surface area contributed by atoms with Crippen LogP contribution in [0.1, 0.15) is 37.8 Å². The molecule has 1 aromatic rings. The number of hydrogen-bond donors (Lipinski definition) is 1. The Morgan fingerprint density at radius 1 is 1.47 bits per heavy atom. The molecule has 1 aliphatic heterocycles. The summed E-state index contributed by atoms with van der Waals surface area (Å²) in [6, 6.07) is 6.43. The van der Waals surface area contributed by atoms with E-state index >= 15 is 0 Å². The molecule has 0 aliphatic carbocycles. The molecule has 1 aliphatic rings. The molecule has 3 heteroatoms. The van der Waals surface area contributed by atoms with Gasteiger partial charge in [0.2, 0.25) is 0 Å². The van der Waals surface area contributed by atoms with Crippen molar-refractivity contribution in [1.29, 1.82) is 0 Å². The molecule has 0 spiro atoms. The van der Waals surface area contributed by atoms with E-state index in [0.29, 0.717) is 0 Å². The van der Waals surface area contributed by atoms with Crippen LogP contribution in [0, 0.1) is 0 Å². The van der Waals surface area contributed by atoms with Crippen molar-refractivity contribution in [3.63, 3.8) is 0 Å². The molecule has 1 N–H and O–H groups in total. The fourth-order valence-electron chi connectivity index (χ4n) is 2.26. The molecule has 1 heterocycles. The van der Waals surface area contributed by atoms with Gasteiger partial charge in [0.15, 0.2) is 0 Å². The fourth-order valence-corrected chi connectivity index (χ4v) is 3.28. The number of thioether (sulfide) groups is 1. The van der Waals surface area contributed by atoms with E-state index in [2.05, 4.69) is 18.2 Å². The third-order valence-electron chi connectivity index (χ3n) is 3.28. The van der Waals surface area contributed by atoms with Crippen molar-refractivity contribution >= 4 is 17.7 Å².